The van der Waals surface area contributed by atoms with Gasteiger partial charge in [-0.2, -0.15) is 0 Å². The molecule has 0 fully saturated rings. The number of fused-ring (bicyclic) bond motifs is 1. The Morgan fingerprint density at radius 3 is 2.78 bits per heavy atom. The second kappa shape index (κ2) is 4.94. The number of carbonyl (C=O) groups is 1. The fourth-order valence-electron chi connectivity index (χ4n) is 1.56. The minimum Gasteiger partial charge on any atom is -0.397 e. The molecule has 0 aliphatic rings. The van der Waals surface area contributed by atoms with Gasteiger partial charge in [-0.05, 0) is 25.0 Å². The molecule has 0 spiro atoms. The molecule has 18 heavy (non-hydrogen) atoms. The number of pyridine rings is 1. The van der Waals surface area contributed by atoms with Gasteiger partial charge in [-0.25, -0.2) is 4.98 Å². The van der Waals surface area contributed by atoms with Gasteiger partial charge < -0.3 is 11.1 Å². The van der Waals surface area contributed by atoms with Crippen molar-refractivity contribution in [2.24, 2.45) is 5.92 Å². The maximum absolute atomic E-state index is 12.1. The number of nitrogens with zero attached hydrogens (tertiary/aromatic N) is 1. The fourth-order valence-corrected chi connectivity index (χ4v) is 2.53. The highest BCUT2D eigenvalue weighted by molar-refractivity contribution is 7.21. The van der Waals surface area contributed by atoms with Crippen molar-refractivity contribution in [2.45, 2.75) is 26.8 Å². The molecule has 1 unspecified atom stereocenters. The monoisotopic (exact) mass is 263 g/mol. The van der Waals surface area contributed by atoms with E-state index in [1.165, 1.54) is 11.3 Å². The number of thiophene rings is 1. The van der Waals surface area contributed by atoms with E-state index >= 15 is 0 Å². The number of aromatic nitrogens is 1. The summed E-state index contributed by atoms with van der Waals surface area (Å²) < 4.78 is 0. The molecule has 0 saturated heterocycles. The van der Waals surface area contributed by atoms with E-state index in [-0.39, 0.29) is 11.9 Å². The van der Waals surface area contributed by atoms with Crippen LogP contribution in [-0.4, -0.2) is 16.9 Å². The third kappa shape index (κ3) is 2.31. The Morgan fingerprint density at radius 2 is 2.17 bits per heavy atom. The SMILES string of the molecule is CC(C)C(C)NC(=O)c1sc2ncccc2c1N. The van der Waals surface area contributed by atoms with E-state index in [9.17, 15) is 4.79 Å². The molecule has 3 N–H and O–H groups in total. The van der Waals surface area contributed by atoms with Crippen LogP contribution >= 0.6 is 11.3 Å². The number of carbonyl (C=O) groups excluding carboxylic acids is 1. The van der Waals surface area contributed by atoms with E-state index in [0.29, 0.717) is 16.5 Å². The second-order valence-electron chi connectivity index (χ2n) is 4.71. The number of hydrogen-bond acceptors (Lipinski definition) is 4. The molecular weight excluding hydrogens is 246 g/mol. The topological polar surface area (TPSA) is 68.0 Å². The van der Waals surface area contributed by atoms with Gasteiger partial charge in [0.1, 0.15) is 9.71 Å². The Hall–Kier alpha value is -1.62. The van der Waals surface area contributed by atoms with E-state index in [4.69, 9.17) is 5.73 Å². The van der Waals surface area contributed by atoms with Crippen molar-refractivity contribution in [2.75, 3.05) is 5.73 Å². The van der Waals surface area contributed by atoms with Crippen molar-refractivity contribution in [1.82, 2.24) is 10.3 Å². The van der Waals surface area contributed by atoms with Crippen molar-refractivity contribution in [1.29, 1.82) is 0 Å². The van der Waals surface area contributed by atoms with E-state index in [1.807, 2.05) is 19.1 Å². The number of hydrogen-bond donors (Lipinski definition) is 2. The van der Waals surface area contributed by atoms with Crippen molar-refractivity contribution >= 4 is 33.1 Å². The summed E-state index contributed by atoms with van der Waals surface area (Å²) in [6.07, 6.45) is 1.71. The Balaban J connectivity index is 2.31. The minimum absolute atomic E-state index is 0.114. The van der Waals surface area contributed by atoms with E-state index in [0.717, 1.165) is 10.2 Å². The van der Waals surface area contributed by atoms with Crippen LogP contribution in [0, 0.1) is 5.92 Å². The third-order valence-electron chi connectivity index (χ3n) is 3.07. The van der Waals surface area contributed by atoms with Crippen LogP contribution in [0.4, 0.5) is 5.69 Å². The molecule has 4 nitrogen and oxygen atoms in total. The first-order valence-corrected chi connectivity index (χ1v) is 6.76. The van der Waals surface area contributed by atoms with Crippen LogP contribution < -0.4 is 11.1 Å². The van der Waals surface area contributed by atoms with Crippen LogP contribution in [0.1, 0.15) is 30.4 Å². The highest BCUT2D eigenvalue weighted by Gasteiger charge is 2.19. The molecular formula is C13H17N3OS. The van der Waals surface area contributed by atoms with Gasteiger partial charge in [-0.3, -0.25) is 4.79 Å². The summed E-state index contributed by atoms with van der Waals surface area (Å²) in [5, 5.41) is 3.81. The quantitative estimate of drug-likeness (QED) is 0.894. The minimum atomic E-state index is -0.114. The number of nitrogens with one attached hydrogen (secondary N) is 1. The molecule has 0 radical (unpaired) electrons. The zero-order chi connectivity index (χ0) is 13.3. The van der Waals surface area contributed by atoms with Gasteiger partial charge in [0.15, 0.2) is 0 Å². The summed E-state index contributed by atoms with van der Waals surface area (Å²) in [6, 6.07) is 3.83. The lowest BCUT2D eigenvalue weighted by atomic mass is 10.1. The molecule has 0 saturated carbocycles. The molecule has 96 valence electrons. The van der Waals surface area contributed by atoms with Crippen LogP contribution in [0.3, 0.4) is 0 Å². The van der Waals surface area contributed by atoms with Crippen LogP contribution in [0.2, 0.25) is 0 Å². The van der Waals surface area contributed by atoms with Gasteiger partial charge in [0.25, 0.3) is 5.91 Å². The molecule has 1 atom stereocenters. The number of rotatable bonds is 3. The van der Waals surface area contributed by atoms with Crippen LogP contribution in [0.5, 0.6) is 0 Å². The summed E-state index contributed by atoms with van der Waals surface area (Å²) in [6.45, 7) is 6.13. The zero-order valence-corrected chi connectivity index (χ0v) is 11.5. The lowest BCUT2D eigenvalue weighted by Crippen LogP contribution is -2.35. The molecule has 0 aliphatic carbocycles. The molecule has 2 heterocycles. The summed E-state index contributed by atoms with van der Waals surface area (Å²) in [4.78, 5) is 17.7. The third-order valence-corrected chi connectivity index (χ3v) is 4.20. The predicted molar refractivity (Wildman–Crippen MR) is 75.8 cm³/mol. The maximum atomic E-state index is 12.1. The molecule has 0 bridgehead atoms. The molecule has 5 heteroatoms. The molecule has 2 aromatic heterocycles. The molecule has 0 aromatic carbocycles. The Labute approximate surface area is 110 Å². The fraction of sp³-hybridized carbons (Fsp3) is 0.385. The standard InChI is InChI=1S/C13H17N3OS/c1-7(2)8(3)16-12(17)11-10(14)9-5-4-6-15-13(9)18-11/h4-8H,14H2,1-3H3,(H,16,17). The highest BCUT2D eigenvalue weighted by Crippen LogP contribution is 2.31. The first-order chi connectivity index (χ1) is 8.50. The van der Waals surface area contributed by atoms with Crippen molar-refractivity contribution < 1.29 is 4.79 Å². The van der Waals surface area contributed by atoms with Crippen molar-refractivity contribution in [3.05, 3.63) is 23.2 Å². The predicted octanol–water partition coefficient (Wildman–Crippen LogP) is 2.65. The Morgan fingerprint density at radius 1 is 1.44 bits per heavy atom. The second-order valence-corrected chi connectivity index (χ2v) is 5.71. The summed E-state index contributed by atoms with van der Waals surface area (Å²) in [7, 11) is 0. The number of amides is 1. The first-order valence-electron chi connectivity index (χ1n) is 5.94. The average molecular weight is 263 g/mol. The van der Waals surface area contributed by atoms with E-state index in [2.05, 4.69) is 24.1 Å². The zero-order valence-electron chi connectivity index (χ0n) is 10.7. The van der Waals surface area contributed by atoms with Crippen molar-refractivity contribution in [3.63, 3.8) is 0 Å². The Kier molecular flexibility index (Phi) is 3.52. The normalized spacial score (nSPS) is 12.9. The van der Waals surface area contributed by atoms with E-state index < -0.39 is 0 Å². The number of anilines is 1. The van der Waals surface area contributed by atoms with E-state index in [1.54, 1.807) is 6.20 Å². The van der Waals surface area contributed by atoms with Crippen LogP contribution in [0.15, 0.2) is 18.3 Å². The number of nitrogens with two attached hydrogens (primary N) is 1. The van der Waals surface area contributed by atoms with Gasteiger partial charge in [0.2, 0.25) is 0 Å². The molecule has 2 rings (SSSR count). The molecule has 2 aromatic rings. The molecule has 1 amide bonds. The van der Waals surface area contributed by atoms with Crippen LogP contribution in [-0.2, 0) is 0 Å². The summed E-state index contributed by atoms with van der Waals surface area (Å²) in [5.41, 5.74) is 6.53. The van der Waals surface area contributed by atoms with Gasteiger partial charge in [-0.15, -0.1) is 11.3 Å². The summed E-state index contributed by atoms with van der Waals surface area (Å²) in [5.74, 6) is 0.277. The average Bonchev–Trinajstić information content (AvgIpc) is 2.67. The highest BCUT2D eigenvalue weighted by atomic mass is 32.1. The van der Waals surface area contributed by atoms with Gasteiger partial charge in [-0.1, -0.05) is 13.8 Å². The van der Waals surface area contributed by atoms with Gasteiger partial charge >= 0.3 is 0 Å². The smallest absolute Gasteiger partial charge is 0.263 e. The molecule has 0 aliphatic heterocycles. The lowest BCUT2D eigenvalue weighted by Gasteiger charge is -2.16. The lowest BCUT2D eigenvalue weighted by molar-refractivity contribution is 0.0935. The van der Waals surface area contributed by atoms with Crippen LogP contribution in [0.25, 0.3) is 10.2 Å². The summed E-state index contributed by atoms with van der Waals surface area (Å²) >= 11 is 1.34. The largest absolute Gasteiger partial charge is 0.397 e. The van der Waals surface area contributed by atoms with Gasteiger partial charge in [0, 0.05) is 17.6 Å². The maximum Gasteiger partial charge on any atom is 0.263 e. The van der Waals surface area contributed by atoms with Crippen molar-refractivity contribution in [3.8, 4) is 0 Å². The first kappa shape index (κ1) is 12.8. The number of nitrogen functional groups attached to an aromatic ring is 1. The Bertz CT molecular complexity index is 577. The van der Waals surface area contributed by atoms with Gasteiger partial charge in [0.05, 0.1) is 5.69 Å².